The third-order valence-electron chi connectivity index (χ3n) is 4.14. The predicted octanol–water partition coefficient (Wildman–Crippen LogP) is 2.89. The van der Waals surface area contributed by atoms with E-state index in [0.29, 0.717) is 13.2 Å². The first-order valence-electron chi connectivity index (χ1n) is 9.18. The van der Waals surface area contributed by atoms with E-state index >= 15 is 0 Å². The van der Waals surface area contributed by atoms with Crippen LogP contribution < -0.4 is 4.18 Å². The SMILES string of the molecule is CCOC(=O)CCC(=O)N(Cc1ccc(OS(=O)(=O)CC)cc1)C(C)CC. The molecule has 0 saturated carbocycles. The zero-order valence-corrected chi connectivity index (χ0v) is 17.3. The molecule has 1 unspecified atom stereocenters. The summed E-state index contributed by atoms with van der Waals surface area (Å²) in [6, 6.07) is 6.61. The van der Waals surface area contributed by atoms with Gasteiger partial charge < -0.3 is 13.8 Å². The number of benzene rings is 1. The van der Waals surface area contributed by atoms with Gasteiger partial charge in [0.15, 0.2) is 0 Å². The van der Waals surface area contributed by atoms with Crippen LogP contribution in [-0.2, 0) is 31.0 Å². The fourth-order valence-corrected chi connectivity index (χ4v) is 2.87. The van der Waals surface area contributed by atoms with E-state index in [-0.39, 0.29) is 42.3 Å². The third kappa shape index (κ3) is 7.99. The number of hydrogen-bond acceptors (Lipinski definition) is 6. The molecule has 0 radical (unpaired) electrons. The van der Waals surface area contributed by atoms with E-state index < -0.39 is 10.1 Å². The number of nitrogens with zero attached hydrogens (tertiary/aromatic N) is 1. The molecule has 1 aromatic rings. The molecule has 0 fully saturated rings. The molecular weight excluding hydrogens is 370 g/mol. The normalized spacial score (nSPS) is 12.3. The van der Waals surface area contributed by atoms with Gasteiger partial charge in [0.05, 0.1) is 18.8 Å². The second kappa shape index (κ2) is 10.9. The first-order chi connectivity index (χ1) is 12.7. The van der Waals surface area contributed by atoms with Crippen molar-refractivity contribution < 1.29 is 26.9 Å². The Morgan fingerprint density at radius 3 is 2.22 bits per heavy atom. The molecule has 1 aromatic carbocycles. The summed E-state index contributed by atoms with van der Waals surface area (Å²) in [5.41, 5.74) is 0.848. The number of ether oxygens (including phenoxy) is 1. The Balaban J connectivity index is 2.79. The lowest BCUT2D eigenvalue weighted by Gasteiger charge is -2.29. The summed E-state index contributed by atoms with van der Waals surface area (Å²) >= 11 is 0. The highest BCUT2D eigenvalue weighted by Crippen LogP contribution is 2.18. The molecule has 0 N–H and O–H groups in total. The van der Waals surface area contributed by atoms with Crippen molar-refractivity contribution in [2.45, 2.75) is 59.5 Å². The molecule has 0 aliphatic rings. The van der Waals surface area contributed by atoms with E-state index in [4.69, 9.17) is 8.92 Å². The largest absolute Gasteiger partial charge is 0.466 e. The minimum atomic E-state index is -3.57. The molecule has 8 heteroatoms. The van der Waals surface area contributed by atoms with Crippen molar-refractivity contribution in [2.24, 2.45) is 0 Å². The third-order valence-corrected chi connectivity index (χ3v) is 5.30. The lowest BCUT2D eigenvalue weighted by atomic mass is 10.1. The van der Waals surface area contributed by atoms with Gasteiger partial charge in [-0.25, -0.2) is 0 Å². The highest BCUT2D eigenvalue weighted by atomic mass is 32.2. The second-order valence-electron chi connectivity index (χ2n) is 6.16. The quantitative estimate of drug-likeness (QED) is 0.420. The molecule has 0 aliphatic carbocycles. The predicted molar refractivity (Wildman–Crippen MR) is 103 cm³/mol. The van der Waals surface area contributed by atoms with E-state index in [9.17, 15) is 18.0 Å². The Hall–Kier alpha value is -2.09. The average Bonchev–Trinajstić information content (AvgIpc) is 2.65. The topological polar surface area (TPSA) is 90.0 Å². The summed E-state index contributed by atoms with van der Waals surface area (Å²) in [4.78, 5) is 25.8. The molecule has 152 valence electrons. The standard InChI is InChI=1S/C19H29NO6S/c1-5-15(4)20(18(21)12-13-19(22)25-6-2)14-16-8-10-17(11-9-16)26-27(23,24)7-3/h8-11,15H,5-7,12-14H2,1-4H3. The van der Waals surface area contributed by atoms with Gasteiger partial charge in [-0.3, -0.25) is 9.59 Å². The van der Waals surface area contributed by atoms with Crippen LogP contribution in [0, 0.1) is 0 Å². The zero-order chi connectivity index (χ0) is 20.4. The molecule has 0 spiro atoms. The zero-order valence-electron chi connectivity index (χ0n) is 16.4. The fourth-order valence-electron chi connectivity index (χ4n) is 2.35. The van der Waals surface area contributed by atoms with Crippen LogP contribution in [0.5, 0.6) is 5.75 Å². The van der Waals surface area contributed by atoms with Crippen LogP contribution in [-0.4, -0.2) is 43.6 Å². The van der Waals surface area contributed by atoms with Gasteiger partial charge in [-0.15, -0.1) is 0 Å². The van der Waals surface area contributed by atoms with Gasteiger partial charge >= 0.3 is 16.1 Å². The van der Waals surface area contributed by atoms with Gasteiger partial charge in [0.1, 0.15) is 5.75 Å². The summed E-state index contributed by atoms with van der Waals surface area (Å²) in [6.07, 6.45) is 0.932. The number of esters is 1. The highest BCUT2D eigenvalue weighted by Gasteiger charge is 2.20. The molecule has 0 bridgehead atoms. The van der Waals surface area contributed by atoms with Crippen LogP contribution in [0.3, 0.4) is 0 Å². The maximum absolute atomic E-state index is 12.6. The summed E-state index contributed by atoms with van der Waals surface area (Å²) < 4.78 is 32.8. The van der Waals surface area contributed by atoms with Crippen LogP contribution >= 0.6 is 0 Å². The minimum Gasteiger partial charge on any atom is -0.466 e. The molecule has 27 heavy (non-hydrogen) atoms. The molecule has 0 aliphatic heterocycles. The van der Waals surface area contributed by atoms with Crippen molar-refractivity contribution in [3.63, 3.8) is 0 Å². The lowest BCUT2D eigenvalue weighted by molar-refractivity contribution is -0.146. The van der Waals surface area contributed by atoms with Crippen molar-refractivity contribution >= 4 is 22.0 Å². The van der Waals surface area contributed by atoms with E-state index in [1.807, 2.05) is 13.8 Å². The van der Waals surface area contributed by atoms with E-state index in [2.05, 4.69) is 0 Å². The number of amides is 1. The Kier molecular flexibility index (Phi) is 9.28. The van der Waals surface area contributed by atoms with Crippen LogP contribution in [0.2, 0.25) is 0 Å². The van der Waals surface area contributed by atoms with Crippen LogP contribution in [0.25, 0.3) is 0 Å². The lowest BCUT2D eigenvalue weighted by Crippen LogP contribution is -2.38. The maximum atomic E-state index is 12.6. The number of carbonyl (C=O) groups excluding carboxylic acids is 2. The van der Waals surface area contributed by atoms with Crippen molar-refractivity contribution in [1.82, 2.24) is 4.90 Å². The Labute approximate surface area is 161 Å². The first kappa shape index (κ1) is 23.0. The number of carbonyl (C=O) groups is 2. The number of rotatable bonds is 11. The summed E-state index contributed by atoms with van der Waals surface area (Å²) in [5, 5.41) is 0. The van der Waals surface area contributed by atoms with E-state index in [1.54, 1.807) is 36.1 Å². The Bertz CT molecular complexity index is 714. The summed E-state index contributed by atoms with van der Waals surface area (Å²) in [6.45, 7) is 7.85. The van der Waals surface area contributed by atoms with Crippen LogP contribution in [0.4, 0.5) is 0 Å². The minimum absolute atomic E-state index is 0.0103. The van der Waals surface area contributed by atoms with E-state index in [1.165, 1.54) is 6.92 Å². The highest BCUT2D eigenvalue weighted by molar-refractivity contribution is 7.87. The molecule has 1 atom stereocenters. The van der Waals surface area contributed by atoms with Crippen molar-refractivity contribution in [1.29, 1.82) is 0 Å². The summed E-state index contributed by atoms with van der Waals surface area (Å²) in [7, 11) is -3.57. The maximum Gasteiger partial charge on any atom is 0.308 e. The van der Waals surface area contributed by atoms with Crippen LogP contribution in [0.15, 0.2) is 24.3 Å². The van der Waals surface area contributed by atoms with Gasteiger partial charge in [-0.1, -0.05) is 19.1 Å². The molecule has 7 nitrogen and oxygen atoms in total. The van der Waals surface area contributed by atoms with Gasteiger partial charge in [-0.2, -0.15) is 8.42 Å². The molecule has 0 aromatic heterocycles. The molecule has 1 amide bonds. The van der Waals surface area contributed by atoms with Gasteiger partial charge in [-0.05, 0) is 44.9 Å². The smallest absolute Gasteiger partial charge is 0.308 e. The molecule has 0 heterocycles. The van der Waals surface area contributed by atoms with Crippen molar-refractivity contribution in [2.75, 3.05) is 12.4 Å². The average molecular weight is 400 g/mol. The fraction of sp³-hybridized carbons (Fsp3) is 0.579. The van der Waals surface area contributed by atoms with Crippen LogP contribution in [0.1, 0.15) is 52.5 Å². The van der Waals surface area contributed by atoms with Crippen molar-refractivity contribution in [3.8, 4) is 5.75 Å². The Morgan fingerprint density at radius 2 is 1.70 bits per heavy atom. The van der Waals surface area contributed by atoms with Gasteiger partial charge in [0, 0.05) is 19.0 Å². The van der Waals surface area contributed by atoms with Gasteiger partial charge in [0.25, 0.3) is 0 Å². The molecule has 0 saturated heterocycles. The second-order valence-corrected chi connectivity index (χ2v) is 8.02. The summed E-state index contributed by atoms with van der Waals surface area (Å²) in [5.74, 6) is -0.366. The Morgan fingerprint density at radius 1 is 1.07 bits per heavy atom. The molecule has 1 rings (SSSR count). The first-order valence-corrected chi connectivity index (χ1v) is 10.8. The van der Waals surface area contributed by atoms with E-state index in [0.717, 1.165) is 12.0 Å². The van der Waals surface area contributed by atoms with Gasteiger partial charge in [0.2, 0.25) is 5.91 Å². The van der Waals surface area contributed by atoms with Crippen molar-refractivity contribution in [3.05, 3.63) is 29.8 Å². The number of hydrogen-bond donors (Lipinski definition) is 0. The monoisotopic (exact) mass is 399 g/mol. The molecular formula is C19H29NO6S.